The van der Waals surface area contributed by atoms with Gasteiger partial charge in [-0.05, 0) is 26.0 Å². The molecule has 0 N–H and O–H groups in total. The first-order chi connectivity index (χ1) is 9.05. The molecule has 2 heterocycles. The lowest BCUT2D eigenvalue weighted by Crippen LogP contribution is -2.37. The maximum absolute atomic E-state index is 12.1. The molecule has 1 fully saturated rings. The molecule has 1 aromatic rings. The number of hydrogen-bond acceptors (Lipinski definition) is 4. The van der Waals surface area contributed by atoms with E-state index in [1.54, 1.807) is 0 Å². The van der Waals surface area contributed by atoms with Gasteiger partial charge in [0.05, 0.1) is 25.2 Å². The molecule has 0 aliphatic carbocycles. The number of hydrogen-bond donors (Lipinski definition) is 0. The third-order valence-corrected chi connectivity index (χ3v) is 3.61. The van der Waals surface area contributed by atoms with Gasteiger partial charge in [0.15, 0.2) is 5.78 Å². The summed E-state index contributed by atoms with van der Waals surface area (Å²) in [4.78, 5) is 14.3. The van der Waals surface area contributed by atoms with E-state index in [2.05, 4.69) is 4.90 Å². The average molecular weight is 261 g/mol. The molecule has 2 aliphatic heterocycles. The van der Waals surface area contributed by atoms with Crippen LogP contribution in [0, 0.1) is 0 Å². The first-order valence-electron chi connectivity index (χ1n) is 6.74. The van der Waals surface area contributed by atoms with Crippen LogP contribution >= 0.6 is 0 Å². The van der Waals surface area contributed by atoms with Crippen molar-refractivity contribution >= 4 is 11.5 Å². The van der Waals surface area contributed by atoms with Gasteiger partial charge < -0.3 is 14.4 Å². The Bertz CT molecular complexity index is 504. The summed E-state index contributed by atoms with van der Waals surface area (Å²) in [5, 5.41) is 0. The highest BCUT2D eigenvalue weighted by Crippen LogP contribution is 2.35. The number of Topliss-reactive ketones (excluding diaryl/α,β-unsaturated/α-hetero) is 1. The van der Waals surface area contributed by atoms with Gasteiger partial charge >= 0.3 is 0 Å². The van der Waals surface area contributed by atoms with Crippen molar-refractivity contribution in [1.29, 1.82) is 0 Å². The minimum atomic E-state index is -0.409. The molecular formula is C15H19NO3. The second kappa shape index (κ2) is 4.53. The molecule has 102 valence electrons. The largest absolute Gasteiger partial charge is 0.487 e. The van der Waals surface area contributed by atoms with E-state index in [-0.39, 0.29) is 5.78 Å². The molecule has 2 aliphatic rings. The van der Waals surface area contributed by atoms with Crippen molar-refractivity contribution in [2.24, 2.45) is 0 Å². The van der Waals surface area contributed by atoms with Gasteiger partial charge in [0, 0.05) is 24.8 Å². The molecule has 0 aromatic heterocycles. The lowest BCUT2D eigenvalue weighted by atomic mass is 9.93. The molecule has 0 atom stereocenters. The van der Waals surface area contributed by atoms with Crippen LogP contribution in [0.5, 0.6) is 5.75 Å². The van der Waals surface area contributed by atoms with E-state index in [0.717, 1.165) is 32.0 Å². The minimum Gasteiger partial charge on any atom is -0.487 e. The molecule has 0 unspecified atom stereocenters. The van der Waals surface area contributed by atoms with Crippen LogP contribution in [0.4, 0.5) is 5.69 Å². The predicted octanol–water partition coefficient (Wildman–Crippen LogP) is 2.27. The van der Waals surface area contributed by atoms with E-state index in [9.17, 15) is 4.79 Å². The molecule has 1 aromatic carbocycles. The summed E-state index contributed by atoms with van der Waals surface area (Å²) in [5.74, 6) is 0.880. The molecule has 0 saturated carbocycles. The van der Waals surface area contributed by atoms with Gasteiger partial charge in [-0.25, -0.2) is 0 Å². The smallest absolute Gasteiger partial charge is 0.170 e. The Kier molecular flexibility index (Phi) is 2.97. The Morgan fingerprint density at radius 1 is 1.21 bits per heavy atom. The van der Waals surface area contributed by atoms with Crippen LogP contribution in [0.15, 0.2) is 18.2 Å². The van der Waals surface area contributed by atoms with Crippen LogP contribution in [-0.2, 0) is 4.74 Å². The topological polar surface area (TPSA) is 38.8 Å². The normalized spacial score (nSPS) is 21.8. The number of ketones is 1. The SMILES string of the molecule is CC1(C)CC(=O)c2ccc(N3CCOCC3)cc2O1. The van der Waals surface area contributed by atoms with Crippen molar-refractivity contribution in [2.75, 3.05) is 31.2 Å². The van der Waals surface area contributed by atoms with E-state index in [0.29, 0.717) is 17.7 Å². The molecule has 0 bridgehead atoms. The molecular weight excluding hydrogens is 242 g/mol. The summed E-state index contributed by atoms with van der Waals surface area (Å²) < 4.78 is 11.3. The second-order valence-electron chi connectivity index (χ2n) is 5.74. The summed E-state index contributed by atoms with van der Waals surface area (Å²) in [6.07, 6.45) is 0.441. The lowest BCUT2D eigenvalue weighted by Gasteiger charge is -2.34. The summed E-state index contributed by atoms with van der Waals surface area (Å²) in [6.45, 7) is 7.18. The Hall–Kier alpha value is -1.55. The maximum atomic E-state index is 12.1. The number of carbonyl (C=O) groups excluding carboxylic acids is 1. The van der Waals surface area contributed by atoms with Crippen molar-refractivity contribution < 1.29 is 14.3 Å². The summed E-state index contributed by atoms with van der Waals surface area (Å²) in [5.41, 5.74) is 1.40. The van der Waals surface area contributed by atoms with Crippen LogP contribution in [0.2, 0.25) is 0 Å². The fraction of sp³-hybridized carbons (Fsp3) is 0.533. The summed E-state index contributed by atoms with van der Waals surface area (Å²) in [7, 11) is 0. The summed E-state index contributed by atoms with van der Waals surface area (Å²) >= 11 is 0. The number of rotatable bonds is 1. The molecule has 0 amide bonds. The predicted molar refractivity (Wildman–Crippen MR) is 73.1 cm³/mol. The molecule has 19 heavy (non-hydrogen) atoms. The first kappa shape index (κ1) is 12.5. The molecule has 0 spiro atoms. The molecule has 3 rings (SSSR count). The number of anilines is 1. The van der Waals surface area contributed by atoms with Crippen molar-refractivity contribution in [3.05, 3.63) is 23.8 Å². The Morgan fingerprint density at radius 2 is 1.95 bits per heavy atom. The standard InChI is InChI=1S/C15H19NO3/c1-15(2)10-13(17)12-4-3-11(9-14(12)19-15)16-5-7-18-8-6-16/h3-4,9H,5-8,10H2,1-2H3. The van der Waals surface area contributed by atoms with Crippen molar-refractivity contribution in [1.82, 2.24) is 0 Å². The number of carbonyl (C=O) groups is 1. The van der Waals surface area contributed by atoms with Gasteiger partial charge in [0.25, 0.3) is 0 Å². The molecule has 0 radical (unpaired) electrons. The van der Waals surface area contributed by atoms with Crippen LogP contribution in [0.25, 0.3) is 0 Å². The zero-order valence-corrected chi connectivity index (χ0v) is 11.4. The monoisotopic (exact) mass is 261 g/mol. The third kappa shape index (κ3) is 2.45. The highest BCUT2D eigenvalue weighted by molar-refractivity contribution is 6.00. The summed E-state index contributed by atoms with van der Waals surface area (Å²) in [6, 6.07) is 5.88. The zero-order valence-electron chi connectivity index (χ0n) is 11.4. The fourth-order valence-corrected chi connectivity index (χ4v) is 2.66. The Balaban J connectivity index is 1.92. The maximum Gasteiger partial charge on any atom is 0.170 e. The van der Waals surface area contributed by atoms with Crippen molar-refractivity contribution in [2.45, 2.75) is 25.9 Å². The van der Waals surface area contributed by atoms with Crippen LogP contribution in [-0.4, -0.2) is 37.7 Å². The van der Waals surface area contributed by atoms with Gasteiger partial charge in [-0.1, -0.05) is 0 Å². The number of ether oxygens (including phenoxy) is 2. The van der Waals surface area contributed by atoms with Gasteiger partial charge in [-0.3, -0.25) is 4.79 Å². The van der Waals surface area contributed by atoms with E-state index in [4.69, 9.17) is 9.47 Å². The Labute approximate surface area is 113 Å². The number of nitrogens with zero attached hydrogens (tertiary/aromatic N) is 1. The minimum absolute atomic E-state index is 0.166. The second-order valence-corrected chi connectivity index (χ2v) is 5.74. The highest BCUT2D eigenvalue weighted by atomic mass is 16.5. The zero-order chi connectivity index (χ0) is 13.5. The van der Waals surface area contributed by atoms with Crippen LogP contribution in [0.1, 0.15) is 30.6 Å². The molecule has 4 nitrogen and oxygen atoms in total. The van der Waals surface area contributed by atoms with Gasteiger partial charge in [0.1, 0.15) is 11.4 Å². The number of morpholine rings is 1. The Morgan fingerprint density at radius 3 is 2.68 bits per heavy atom. The van der Waals surface area contributed by atoms with Crippen molar-refractivity contribution in [3.8, 4) is 5.75 Å². The number of fused-ring (bicyclic) bond motifs is 1. The van der Waals surface area contributed by atoms with Crippen LogP contribution in [0.3, 0.4) is 0 Å². The van der Waals surface area contributed by atoms with E-state index >= 15 is 0 Å². The third-order valence-electron chi connectivity index (χ3n) is 3.61. The van der Waals surface area contributed by atoms with E-state index in [1.165, 1.54) is 0 Å². The van der Waals surface area contributed by atoms with Gasteiger partial charge in [-0.2, -0.15) is 0 Å². The lowest BCUT2D eigenvalue weighted by molar-refractivity contribution is 0.0620. The van der Waals surface area contributed by atoms with E-state index in [1.807, 2.05) is 32.0 Å². The van der Waals surface area contributed by atoms with Crippen LogP contribution < -0.4 is 9.64 Å². The van der Waals surface area contributed by atoms with E-state index < -0.39 is 5.60 Å². The molecule has 1 saturated heterocycles. The molecule has 4 heteroatoms. The van der Waals surface area contributed by atoms with Gasteiger partial charge in [-0.15, -0.1) is 0 Å². The first-order valence-corrected chi connectivity index (χ1v) is 6.74. The highest BCUT2D eigenvalue weighted by Gasteiger charge is 2.32. The fourth-order valence-electron chi connectivity index (χ4n) is 2.66. The van der Waals surface area contributed by atoms with Gasteiger partial charge in [0.2, 0.25) is 0 Å². The van der Waals surface area contributed by atoms with Crippen molar-refractivity contribution in [3.63, 3.8) is 0 Å². The average Bonchev–Trinajstić information content (AvgIpc) is 2.37. The quantitative estimate of drug-likeness (QED) is 0.777. The number of benzene rings is 1.